The van der Waals surface area contributed by atoms with Crippen LogP contribution >= 0.6 is 0 Å². The zero-order valence-electron chi connectivity index (χ0n) is 23.1. The van der Waals surface area contributed by atoms with Crippen molar-refractivity contribution in [2.24, 2.45) is 5.92 Å². The number of anilines is 3. The van der Waals surface area contributed by atoms with Crippen LogP contribution in [0.3, 0.4) is 0 Å². The summed E-state index contributed by atoms with van der Waals surface area (Å²) in [7, 11) is 0. The molecule has 2 aliphatic rings. The number of benzene rings is 3. The van der Waals surface area contributed by atoms with Crippen molar-refractivity contribution in [1.29, 1.82) is 15.8 Å². The molecule has 0 spiro atoms. The molecule has 2 heterocycles. The lowest BCUT2D eigenvalue weighted by Gasteiger charge is -2.41. The molecule has 6 heteroatoms. The van der Waals surface area contributed by atoms with Crippen molar-refractivity contribution < 1.29 is 0 Å². The average Bonchev–Trinajstić information content (AvgIpc) is 3.54. The number of hydrogen-bond acceptors (Lipinski definition) is 6. The first kappa shape index (κ1) is 26.1. The molecule has 4 atom stereocenters. The number of nitrogens with zero attached hydrogens (tertiary/aromatic N) is 6. The molecular weight excluding hydrogens is 480 g/mol. The Kier molecular flexibility index (Phi) is 7.19. The van der Waals surface area contributed by atoms with Gasteiger partial charge in [0.05, 0.1) is 34.9 Å². The summed E-state index contributed by atoms with van der Waals surface area (Å²) in [5.41, 5.74) is 7.98. The van der Waals surface area contributed by atoms with Gasteiger partial charge >= 0.3 is 0 Å². The number of rotatable bonds is 7. The molecule has 0 N–H and O–H groups in total. The summed E-state index contributed by atoms with van der Waals surface area (Å²) in [6.45, 7) is 11.7. The molecule has 0 radical (unpaired) electrons. The van der Waals surface area contributed by atoms with Crippen molar-refractivity contribution in [3.05, 3.63) is 88.5 Å². The van der Waals surface area contributed by atoms with Gasteiger partial charge in [-0.15, -0.1) is 0 Å². The summed E-state index contributed by atoms with van der Waals surface area (Å²) in [4.78, 5) is 7.45. The Balaban J connectivity index is 1.57. The van der Waals surface area contributed by atoms with Crippen LogP contribution in [0.15, 0.2) is 60.7 Å². The van der Waals surface area contributed by atoms with Gasteiger partial charge in [-0.2, -0.15) is 15.8 Å². The highest BCUT2D eigenvalue weighted by molar-refractivity contribution is 5.72. The lowest BCUT2D eigenvalue weighted by Crippen LogP contribution is -2.47. The van der Waals surface area contributed by atoms with E-state index in [2.05, 4.69) is 90.9 Å². The largest absolute Gasteiger partial charge is 0.369 e. The Hall–Kier alpha value is -4.47. The van der Waals surface area contributed by atoms with E-state index in [9.17, 15) is 15.8 Å². The summed E-state index contributed by atoms with van der Waals surface area (Å²) in [6, 6.07) is 27.0. The highest BCUT2D eigenvalue weighted by Crippen LogP contribution is 2.52. The van der Waals surface area contributed by atoms with Crippen LogP contribution in [0.2, 0.25) is 0 Å². The molecule has 0 bridgehead atoms. The molecule has 1 fully saturated rings. The lowest BCUT2D eigenvalue weighted by molar-refractivity contribution is 0.347. The van der Waals surface area contributed by atoms with Gasteiger partial charge in [-0.3, -0.25) is 0 Å². The van der Waals surface area contributed by atoms with Gasteiger partial charge in [0.2, 0.25) is 0 Å². The van der Waals surface area contributed by atoms with Gasteiger partial charge in [-0.05, 0) is 98.0 Å². The van der Waals surface area contributed by atoms with Crippen LogP contribution in [0.4, 0.5) is 17.1 Å². The molecule has 3 aromatic carbocycles. The molecular formula is C33H34N6. The Bertz CT molecular complexity index is 1470. The van der Waals surface area contributed by atoms with Crippen LogP contribution in [0.1, 0.15) is 60.9 Å². The molecule has 39 heavy (non-hydrogen) atoms. The average molecular weight is 515 g/mol. The Morgan fingerprint density at radius 1 is 0.846 bits per heavy atom. The van der Waals surface area contributed by atoms with E-state index in [1.165, 1.54) is 16.8 Å². The maximum absolute atomic E-state index is 9.74. The maximum atomic E-state index is 9.74. The van der Waals surface area contributed by atoms with Gasteiger partial charge in [0.25, 0.3) is 0 Å². The third-order valence-electron chi connectivity index (χ3n) is 8.62. The molecule has 1 saturated heterocycles. The standard InChI is InChI=1S/C33H34N6/c1-5-14-37(28-10-6-25(19-34)7-11-28)24(4)23(3)32-31-22(2)17-27(21-36)18-30(31)39-16-15-38(33(32)39)29-12-8-26(20-35)9-13-29/h6-13,17-18,23-24,32-33H,5,14-16H2,1-4H3. The zero-order chi connectivity index (χ0) is 27.7. The summed E-state index contributed by atoms with van der Waals surface area (Å²) in [5.74, 6) is 0.505. The molecule has 2 aliphatic heterocycles. The smallest absolute Gasteiger partial charge is 0.109 e. The molecule has 5 rings (SSSR count). The molecule has 0 aromatic heterocycles. The predicted octanol–water partition coefficient (Wildman–Crippen LogP) is 6.30. The van der Waals surface area contributed by atoms with E-state index in [1.54, 1.807) is 0 Å². The van der Waals surface area contributed by atoms with Crippen LogP contribution in [-0.2, 0) is 0 Å². The SMILES string of the molecule is CCCN(c1ccc(C#N)cc1)C(C)C(C)C1c2c(C)cc(C#N)cc2N2CCN(c3ccc(C#N)cc3)C12. The van der Waals surface area contributed by atoms with Crippen molar-refractivity contribution in [3.8, 4) is 18.2 Å². The van der Waals surface area contributed by atoms with Gasteiger partial charge in [-0.25, -0.2) is 0 Å². The monoisotopic (exact) mass is 514 g/mol. The molecule has 196 valence electrons. The van der Waals surface area contributed by atoms with E-state index in [4.69, 9.17) is 0 Å². The second kappa shape index (κ2) is 10.7. The fraction of sp³-hybridized carbons (Fsp3) is 0.364. The van der Waals surface area contributed by atoms with E-state index in [0.717, 1.165) is 37.4 Å². The zero-order valence-corrected chi connectivity index (χ0v) is 23.1. The van der Waals surface area contributed by atoms with Crippen molar-refractivity contribution in [2.45, 2.75) is 52.2 Å². The second-order valence-electron chi connectivity index (χ2n) is 10.8. The third kappa shape index (κ3) is 4.56. The molecule has 4 unspecified atom stereocenters. The quantitative estimate of drug-likeness (QED) is 0.368. The van der Waals surface area contributed by atoms with E-state index in [1.807, 2.05) is 30.3 Å². The van der Waals surface area contributed by atoms with Crippen LogP contribution < -0.4 is 14.7 Å². The third-order valence-corrected chi connectivity index (χ3v) is 8.62. The fourth-order valence-electron chi connectivity index (χ4n) is 6.63. The van der Waals surface area contributed by atoms with Crippen LogP contribution in [0.5, 0.6) is 0 Å². The van der Waals surface area contributed by atoms with Gasteiger partial charge in [0.1, 0.15) is 6.17 Å². The number of aryl methyl sites for hydroxylation is 1. The Labute approximate surface area is 231 Å². The van der Waals surface area contributed by atoms with Crippen molar-refractivity contribution in [2.75, 3.05) is 34.3 Å². The minimum Gasteiger partial charge on any atom is -0.369 e. The van der Waals surface area contributed by atoms with Crippen molar-refractivity contribution in [1.82, 2.24) is 0 Å². The van der Waals surface area contributed by atoms with E-state index in [0.29, 0.717) is 16.7 Å². The van der Waals surface area contributed by atoms with Gasteiger partial charge in [0.15, 0.2) is 0 Å². The van der Waals surface area contributed by atoms with E-state index in [-0.39, 0.29) is 24.0 Å². The molecule has 0 amide bonds. The summed E-state index contributed by atoms with van der Waals surface area (Å²) >= 11 is 0. The number of nitriles is 3. The van der Waals surface area contributed by atoms with Gasteiger partial charge < -0.3 is 14.7 Å². The molecule has 6 nitrogen and oxygen atoms in total. The Morgan fingerprint density at radius 2 is 1.44 bits per heavy atom. The summed E-state index contributed by atoms with van der Waals surface area (Å²) < 4.78 is 0. The first-order chi connectivity index (χ1) is 18.9. The van der Waals surface area contributed by atoms with Gasteiger partial charge in [-0.1, -0.05) is 13.8 Å². The lowest BCUT2D eigenvalue weighted by atomic mass is 9.79. The summed E-state index contributed by atoms with van der Waals surface area (Å²) in [6.07, 6.45) is 1.15. The summed E-state index contributed by atoms with van der Waals surface area (Å²) in [5, 5.41) is 28.4. The minimum absolute atomic E-state index is 0.127. The molecule has 0 aliphatic carbocycles. The van der Waals surface area contributed by atoms with Crippen LogP contribution in [-0.4, -0.2) is 31.8 Å². The van der Waals surface area contributed by atoms with Gasteiger partial charge in [0, 0.05) is 48.7 Å². The first-order valence-corrected chi connectivity index (χ1v) is 13.8. The fourth-order valence-corrected chi connectivity index (χ4v) is 6.63. The van der Waals surface area contributed by atoms with Crippen molar-refractivity contribution >= 4 is 17.1 Å². The second-order valence-corrected chi connectivity index (χ2v) is 10.8. The van der Waals surface area contributed by atoms with Crippen LogP contribution in [0.25, 0.3) is 0 Å². The minimum atomic E-state index is 0.127. The van der Waals surface area contributed by atoms with E-state index < -0.39 is 0 Å². The number of hydrogen-bond donors (Lipinski definition) is 0. The highest BCUT2D eigenvalue weighted by Gasteiger charge is 2.50. The first-order valence-electron chi connectivity index (χ1n) is 13.8. The Morgan fingerprint density at radius 3 is 2.03 bits per heavy atom. The molecule has 0 saturated carbocycles. The topological polar surface area (TPSA) is 81.1 Å². The predicted molar refractivity (Wildman–Crippen MR) is 156 cm³/mol. The normalized spacial score (nSPS) is 18.9. The van der Waals surface area contributed by atoms with E-state index >= 15 is 0 Å². The van der Waals surface area contributed by atoms with Crippen molar-refractivity contribution in [3.63, 3.8) is 0 Å². The van der Waals surface area contributed by atoms with Crippen LogP contribution in [0, 0.1) is 46.8 Å². The maximum Gasteiger partial charge on any atom is 0.109 e. The highest BCUT2D eigenvalue weighted by atomic mass is 15.4. The number of fused-ring (bicyclic) bond motifs is 3. The molecule has 3 aromatic rings.